The number of nitrogens with one attached hydrogen (secondary N) is 1. The lowest BCUT2D eigenvalue weighted by atomic mass is 9.63. The molecule has 0 aromatic heterocycles. The van der Waals surface area contributed by atoms with E-state index in [0.29, 0.717) is 37.0 Å². The molecule has 1 aliphatic carbocycles. The van der Waals surface area contributed by atoms with Crippen LogP contribution in [0, 0.1) is 11.3 Å². The Morgan fingerprint density at radius 3 is 2.30 bits per heavy atom. The zero-order valence-electron chi connectivity index (χ0n) is 20.4. The van der Waals surface area contributed by atoms with Crippen LogP contribution in [0.3, 0.4) is 0 Å². The molecular formula is C25H40ClN5O2. The number of likely N-dealkylation sites (N-methyl/N-ethyl adjacent to an activating group) is 1. The summed E-state index contributed by atoms with van der Waals surface area (Å²) in [5, 5.41) is 4.08. The van der Waals surface area contributed by atoms with E-state index in [4.69, 9.17) is 17.4 Å². The van der Waals surface area contributed by atoms with Crippen molar-refractivity contribution >= 4 is 23.4 Å². The zero-order valence-corrected chi connectivity index (χ0v) is 21.1. The summed E-state index contributed by atoms with van der Waals surface area (Å²) >= 11 is 6.00. The van der Waals surface area contributed by atoms with E-state index in [9.17, 15) is 9.59 Å². The molecule has 1 aromatic rings. The van der Waals surface area contributed by atoms with Crippen molar-refractivity contribution in [1.29, 1.82) is 0 Å². The summed E-state index contributed by atoms with van der Waals surface area (Å²) < 4.78 is 0. The molecule has 184 valence electrons. The van der Waals surface area contributed by atoms with E-state index in [2.05, 4.69) is 5.43 Å². The van der Waals surface area contributed by atoms with Gasteiger partial charge in [0.15, 0.2) is 0 Å². The van der Waals surface area contributed by atoms with Gasteiger partial charge in [0, 0.05) is 24.7 Å². The molecule has 1 heterocycles. The largest absolute Gasteiger partial charge is 0.298 e. The molecule has 7 nitrogen and oxygen atoms in total. The third-order valence-corrected chi connectivity index (χ3v) is 7.86. The molecule has 2 aliphatic rings. The van der Waals surface area contributed by atoms with Crippen LogP contribution in [-0.2, 0) is 16.0 Å². The Bertz CT molecular complexity index is 786. The number of nitrogens with two attached hydrogens (primary N) is 1. The number of halogens is 1. The average molecular weight is 478 g/mol. The van der Waals surface area contributed by atoms with Gasteiger partial charge in [-0.25, -0.2) is 10.9 Å². The van der Waals surface area contributed by atoms with E-state index in [0.717, 1.165) is 31.2 Å². The van der Waals surface area contributed by atoms with Crippen LogP contribution in [-0.4, -0.2) is 66.5 Å². The molecule has 0 unspecified atom stereocenters. The molecule has 1 saturated heterocycles. The number of hydrogen-bond acceptors (Lipinski definition) is 5. The van der Waals surface area contributed by atoms with E-state index in [1.807, 2.05) is 55.2 Å². The number of piperidine rings is 1. The summed E-state index contributed by atoms with van der Waals surface area (Å²) in [6.07, 6.45) is 7.88. The van der Waals surface area contributed by atoms with Crippen LogP contribution in [0.4, 0.5) is 0 Å². The highest BCUT2D eigenvalue weighted by atomic mass is 35.5. The Hall–Kier alpha value is -1.67. The third kappa shape index (κ3) is 6.27. The molecule has 1 saturated carbocycles. The van der Waals surface area contributed by atoms with Crippen LogP contribution in [0.1, 0.15) is 57.4 Å². The van der Waals surface area contributed by atoms with Crippen molar-refractivity contribution < 1.29 is 9.59 Å². The molecule has 2 fully saturated rings. The lowest BCUT2D eigenvalue weighted by Crippen LogP contribution is -2.59. The van der Waals surface area contributed by atoms with Gasteiger partial charge in [-0.1, -0.05) is 43.0 Å². The number of amides is 2. The first-order valence-electron chi connectivity index (χ1n) is 12.3. The zero-order chi connectivity index (χ0) is 24.0. The first-order valence-corrected chi connectivity index (χ1v) is 12.7. The highest BCUT2D eigenvalue weighted by molar-refractivity contribution is 6.30. The van der Waals surface area contributed by atoms with Crippen molar-refractivity contribution in [3.8, 4) is 0 Å². The van der Waals surface area contributed by atoms with Gasteiger partial charge in [0.05, 0.1) is 11.5 Å². The second-order valence-electron chi connectivity index (χ2n) is 9.86. The highest BCUT2D eigenvalue weighted by Gasteiger charge is 2.49. The minimum Gasteiger partial charge on any atom is -0.298 e. The molecule has 3 rings (SSSR count). The SMILES string of the molecule is CCN(N)C(=O)C1(C2CCCCC2)CCN(NC(=O)[C@@H](Cc2ccc(Cl)cc2)N(C)C)CC1. The fourth-order valence-electron chi connectivity index (χ4n) is 5.48. The van der Waals surface area contributed by atoms with Gasteiger partial charge in [0.2, 0.25) is 5.91 Å². The fourth-order valence-corrected chi connectivity index (χ4v) is 5.61. The lowest BCUT2D eigenvalue weighted by molar-refractivity contribution is -0.152. The van der Waals surface area contributed by atoms with E-state index < -0.39 is 5.41 Å². The summed E-state index contributed by atoms with van der Waals surface area (Å²) in [5.74, 6) is 6.53. The number of nitrogens with zero attached hydrogens (tertiary/aromatic N) is 3. The van der Waals surface area contributed by atoms with Crippen LogP contribution in [0.15, 0.2) is 24.3 Å². The monoisotopic (exact) mass is 477 g/mol. The molecule has 1 aliphatic heterocycles. The second kappa shape index (κ2) is 11.6. The maximum absolute atomic E-state index is 13.4. The minimum atomic E-state index is -0.406. The van der Waals surface area contributed by atoms with Gasteiger partial charge in [-0.05, 0) is 76.7 Å². The van der Waals surface area contributed by atoms with Crippen LogP contribution in [0.2, 0.25) is 5.02 Å². The normalized spacial score (nSPS) is 20.4. The number of hydrogen-bond donors (Lipinski definition) is 2. The number of rotatable bonds is 8. The first kappa shape index (κ1) is 25.9. The van der Waals surface area contributed by atoms with Crippen LogP contribution < -0.4 is 11.3 Å². The standard InChI is InChI=1S/C25H40ClN5O2/c1-4-31(27)24(33)25(20-8-6-5-7-9-20)14-16-30(17-15-25)28-23(32)22(29(2)3)18-19-10-12-21(26)13-11-19/h10-13,20,22H,4-9,14-18,27H2,1-3H3,(H,28,32)/t22-/m1/s1. The van der Waals surface area contributed by atoms with Crippen molar-refractivity contribution in [2.24, 2.45) is 17.2 Å². The van der Waals surface area contributed by atoms with Crippen molar-refractivity contribution in [3.63, 3.8) is 0 Å². The molecule has 1 aromatic carbocycles. The molecule has 8 heteroatoms. The summed E-state index contributed by atoms with van der Waals surface area (Å²) in [4.78, 5) is 28.5. The van der Waals surface area contributed by atoms with E-state index >= 15 is 0 Å². The molecule has 0 radical (unpaired) electrons. The number of carbonyl (C=O) groups is 2. The van der Waals surface area contributed by atoms with Gasteiger partial charge >= 0.3 is 0 Å². The highest BCUT2D eigenvalue weighted by Crippen LogP contribution is 2.46. The fraction of sp³-hybridized carbons (Fsp3) is 0.680. The Labute approximate surface area is 203 Å². The Balaban J connectivity index is 1.65. The summed E-state index contributed by atoms with van der Waals surface area (Å²) in [5.41, 5.74) is 3.79. The Morgan fingerprint density at radius 1 is 1.15 bits per heavy atom. The summed E-state index contributed by atoms with van der Waals surface area (Å²) in [6.45, 7) is 3.76. The predicted octanol–water partition coefficient (Wildman–Crippen LogP) is 3.23. The van der Waals surface area contributed by atoms with Crippen molar-refractivity contribution in [2.75, 3.05) is 33.7 Å². The average Bonchev–Trinajstić information content (AvgIpc) is 2.83. The van der Waals surface area contributed by atoms with Gasteiger partial charge in [0.25, 0.3) is 5.91 Å². The lowest BCUT2D eigenvalue weighted by Gasteiger charge is -2.47. The molecule has 1 atom stereocenters. The minimum absolute atomic E-state index is 0.0274. The van der Waals surface area contributed by atoms with E-state index in [-0.39, 0.29) is 17.9 Å². The number of hydrazine groups is 2. The van der Waals surface area contributed by atoms with Crippen molar-refractivity contribution in [1.82, 2.24) is 20.3 Å². The summed E-state index contributed by atoms with van der Waals surface area (Å²) in [7, 11) is 3.84. The predicted molar refractivity (Wildman–Crippen MR) is 132 cm³/mol. The smallest absolute Gasteiger partial charge is 0.251 e. The molecule has 33 heavy (non-hydrogen) atoms. The van der Waals surface area contributed by atoms with E-state index in [1.54, 1.807) is 0 Å². The topological polar surface area (TPSA) is 81.9 Å². The Morgan fingerprint density at radius 2 is 1.76 bits per heavy atom. The maximum Gasteiger partial charge on any atom is 0.251 e. The molecule has 0 bridgehead atoms. The quantitative estimate of drug-likeness (QED) is 0.341. The Kier molecular flexibility index (Phi) is 9.16. The van der Waals surface area contributed by atoms with E-state index in [1.165, 1.54) is 24.3 Å². The van der Waals surface area contributed by atoms with Gasteiger partial charge in [0.1, 0.15) is 0 Å². The van der Waals surface area contributed by atoms with Gasteiger partial charge in [-0.15, -0.1) is 0 Å². The third-order valence-electron chi connectivity index (χ3n) is 7.61. The van der Waals surface area contributed by atoms with Gasteiger partial charge in [-0.3, -0.25) is 24.9 Å². The number of benzene rings is 1. The molecular weight excluding hydrogens is 438 g/mol. The van der Waals surface area contributed by atoms with Crippen LogP contribution >= 0.6 is 11.6 Å². The van der Waals surface area contributed by atoms with Gasteiger partial charge < -0.3 is 0 Å². The summed E-state index contributed by atoms with van der Waals surface area (Å²) in [6, 6.07) is 7.33. The molecule has 3 N–H and O–H groups in total. The molecule has 2 amide bonds. The second-order valence-corrected chi connectivity index (χ2v) is 10.3. The molecule has 0 spiro atoms. The van der Waals surface area contributed by atoms with Gasteiger partial charge in [-0.2, -0.15) is 0 Å². The van der Waals surface area contributed by atoms with Crippen LogP contribution in [0.25, 0.3) is 0 Å². The number of carbonyl (C=O) groups excluding carboxylic acids is 2. The maximum atomic E-state index is 13.4. The van der Waals surface area contributed by atoms with Crippen LogP contribution in [0.5, 0.6) is 0 Å². The van der Waals surface area contributed by atoms with Crippen molar-refractivity contribution in [3.05, 3.63) is 34.9 Å². The van der Waals surface area contributed by atoms with Crippen molar-refractivity contribution in [2.45, 2.75) is 64.3 Å². The first-order chi connectivity index (χ1) is 15.8.